The maximum absolute atomic E-state index is 11.4. The third-order valence-corrected chi connectivity index (χ3v) is 2.96. The van der Waals surface area contributed by atoms with Gasteiger partial charge < -0.3 is 0 Å². The predicted octanol–water partition coefficient (Wildman–Crippen LogP) is 2.65. The molecular formula is C17H15NO2. The summed E-state index contributed by atoms with van der Waals surface area (Å²) in [5.74, 6) is -0.438. The van der Waals surface area contributed by atoms with E-state index in [4.69, 9.17) is 0 Å². The zero-order valence-corrected chi connectivity index (χ0v) is 10.9. The van der Waals surface area contributed by atoms with E-state index in [9.17, 15) is 9.59 Å². The number of carbonyl (C=O) groups excluding carboxylic acids is 2. The lowest BCUT2D eigenvalue weighted by Crippen LogP contribution is -2.18. The van der Waals surface area contributed by atoms with Crippen molar-refractivity contribution >= 4 is 12.3 Å². The Kier molecular flexibility index (Phi) is 4.84. The topological polar surface area (TPSA) is 46.2 Å². The fraction of sp³-hybridized carbons (Fsp3) is 0.0588. The number of hydrogen-bond donors (Lipinski definition) is 1. The molecule has 0 fully saturated rings. The van der Waals surface area contributed by atoms with E-state index < -0.39 is 5.91 Å². The summed E-state index contributed by atoms with van der Waals surface area (Å²) in [6.07, 6.45) is 3.56. The number of imide groups is 1. The van der Waals surface area contributed by atoms with Crippen LogP contribution in [0.1, 0.15) is 17.0 Å². The van der Waals surface area contributed by atoms with E-state index in [-0.39, 0.29) is 5.92 Å². The molecule has 0 bridgehead atoms. The maximum Gasteiger partial charge on any atom is 0.250 e. The highest BCUT2D eigenvalue weighted by Gasteiger charge is 2.10. The molecule has 0 saturated heterocycles. The van der Waals surface area contributed by atoms with Crippen molar-refractivity contribution in [1.29, 1.82) is 0 Å². The molecule has 2 aromatic carbocycles. The van der Waals surface area contributed by atoms with E-state index >= 15 is 0 Å². The Balaban J connectivity index is 2.31. The largest absolute Gasteiger partial charge is 0.295 e. The van der Waals surface area contributed by atoms with Crippen molar-refractivity contribution in [1.82, 2.24) is 5.32 Å². The van der Waals surface area contributed by atoms with E-state index in [2.05, 4.69) is 5.32 Å². The van der Waals surface area contributed by atoms with Gasteiger partial charge in [0.1, 0.15) is 0 Å². The SMILES string of the molecule is O=CNC(=O)C=CC(c1ccccc1)c1ccccc1. The molecule has 0 aliphatic carbocycles. The second-order valence-electron chi connectivity index (χ2n) is 4.28. The second-order valence-corrected chi connectivity index (χ2v) is 4.28. The highest BCUT2D eigenvalue weighted by atomic mass is 16.2. The van der Waals surface area contributed by atoms with E-state index in [1.807, 2.05) is 60.7 Å². The molecular weight excluding hydrogens is 250 g/mol. The lowest BCUT2D eigenvalue weighted by Gasteiger charge is -2.13. The van der Waals surface area contributed by atoms with Crippen LogP contribution in [0.15, 0.2) is 72.8 Å². The molecule has 100 valence electrons. The predicted molar refractivity (Wildman–Crippen MR) is 78.1 cm³/mol. The molecule has 3 nitrogen and oxygen atoms in total. The molecule has 0 aliphatic rings. The van der Waals surface area contributed by atoms with Gasteiger partial charge in [-0.25, -0.2) is 0 Å². The van der Waals surface area contributed by atoms with Gasteiger partial charge in [0.25, 0.3) is 0 Å². The molecule has 0 spiro atoms. The molecule has 0 aromatic heterocycles. The minimum Gasteiger partial charge on any atom is -0.295 e. The van der Waals surface area contributed by atoms with Crippen LogP contribution in [0.25, 0.3) is 0 Å². The van der Waals surface area contributed by atoms with Crippen molar-refractivity contribution in [3.63, 3.8) is 0 Å². The van der Waals surface area contributed by atoms with Crippen LogP contribution in [0.5, 0.6) is 0 Å². The Labute approximate surface area is 117 Å². The van der Waals surface area contributed by atoms with E-state index in [0.717, 1.165) is 11.1 Å². The van der Waals surface area contributed by atoms with Crippen molar-refractivity contribution in [2.24, 2.45) is 0 Å². The van der Waals surface area contributed by atoms with Crippen LogP contribution < -0.4 is 5.32 Å². The molecule has 0 heterocycles. The van der Waals surface area contributed by atoms with E-state index in [0.29, 0.717) is 6.41 Å². The number of allylic oxidation sites excluding steroid dienone is 1. The average Bonchev–Trinajstić information content (AvgIpc) is 2.50. The fourth-order valence-corrected chi connectivity index (χ4v) is 2.03. The summed E-state index contributed by atoms with van der Waals surface area (Å²) >= 11 is 0. The Morgan fingerprint density at radius 1 is 0.900 bits per heavy atom. The minimum atomic E-state index is -0.420. The molecule has 2 amide bonds. The summed E-state index contributed by atoms with van der Waals surface area (Å²) in [4.78, 5) is 21.6. The van der Waals surface area contributed by atoms with E-state index in [1.165, 1.54) is 6.08 Å². The Morgan fingerprint density at radius 3 is 1.85 bits per heavy atom. The molecule has 0 radical (unpaired) electrons. The van der Waals surface area contributed by atoms with Gasteiger partial charge in [0.2, 0.25) is 12.3 Å². The standard InChI is InChI=1S/C17H15NO2/c19-13-18-17(20)12-11-16(14-7-3-1-4-8-14)15-9-5-2-6-10-15/h1-13,16H,(H,18,19,20). The summed E-state index contributed by atoms with van der Waals surface area (Å²) in [6.45, 7) is 0. The molecule has 0 aliphatic heterocycles. The van der Waals surface area contributed by atoms with Crippen molar-refractivity contribution in [2.75, 3.05) is 0 Å². The quantitative estimate of drug-likeness (QED) is 0.667. The molecule has 0 saturated carbocycles. The number of nitrogens with one attached hydrogen (secondary N) is 1. The van der Waals surface area contributed by atoms with Gasteiger partial charge in [-0.3, -0.25) is 14.9 Å². The molecule has 0 atom stereocenters. The average molecular weight is 265 g/mol. The van der Waals surface area contributed by atoms with Crippen LogP contribution in [0, 0.1) is 0 Å². The zero-order chi connectivity index (χ0) is 14.2. The Morgan fingerprint density at radius 2 is 1.40 bits per heavy atom. The molecule has 2 rings (SSSR count). The number of carbonyl (C=O) groups is 2. The summed E-state index contributed by atoms with van der Waals surface area (Å²) in [6, 6.07) is 19.8. The van der Waals surface area contributed by atoms with Gasteiger partial charge in [0.15, 0.2) is 0 Å². The summed E-state index contributed by atoms with van der Waals surface area (Å²) < 4.78 is 0. The third kappa shape index (κ3) is 3.65. The number of hydrogen-bond acceptors (Lipinski definition) is 2. The first-order chi connectivity index (χ1) is 9.81. The van der Waals surface area contributed by atoms with Crippen LogP contribution in [-0.4, -0.2) is 12.3 Å². The van der Waals surface area contributed by atoms with Crippen LogP contribution >= 0.6 is 0 Å². The first kappa shape index (κ1) is 13.7. The van der Waals surface area contributed by atoms with Crippen molar-refractivity contribution in [3.8, 4) is 0 Å². The van der Waals surface area contributed by atoms with Crippen LogP contribution in [0.3, 0.4) is 0 Å². The first-order valence-corrected chi connectivity index (χ1v) is 6.33. The van der Waals surface area contributed by atoms with Crippen molar-refractivity contribution in [3.05, 3.63) is 83.9 Å². The van der Waals surface area contributed by atoms with E-state index in [1.54, 1.807) is 6.08 Å². The number of benzene rings is 2. The van der Waals surface area contributed by atoms with Gasteiger partial charge in [-0.2, -0.15) is 0 Å². The number of rotatable bonds is 5. The van der Waals surface area contributed by atoms with Gasteiger partial charge in [0, 0.05) is 12.0 Å². The highest BCUT2D eigenvalue weighted by molar-refractivity contribution is 5.94. The normalized spacial score (nSPS) is 10.7. The molecule has 2 aromatic rings. The third-order valence-electron chi connectivity index (χ3n) is 2.96. The smallest absolute Gasteiger partial charge is 0.250 e. The number of amides is 2. The summed E-state index contributed by atoms with van der Waals surface area (Å²) in [5.41, 5.74) is 2.18. The molecule has 20 heavy (non-hydrogen) atoms. The summed E-state index contributed by atoms with van der Waals surface area (Å²) in [7, 11) is 0. The lowest BCUT2D eigenvalue weighted by atomic mass is 9.91. The molecule has 1 N–H and O–H groups in total. The fourth-order valence-electron chi connectivity index (χ4n) is 2.03. The second kappa shape index (κ2) is 7.04. The summed E-state index contributed by atoms with van der Waals surface area (Å²) in [5, 5.41) is 2.10. The van der Waals surface area contributed by atoms with Gasteiger partial charge >= 0.3 is 0 Å². The molecule has 3 heteroatoms. The Hall–Kier alpha value is -2.68. The van der Waals surface area contributed by atoms with Crippen LogP contribution in [0.2, 0.25) is 0 Å². The van der Waals surface area contributed by atoms with Crippen molar-refractivity contribution in [2.45, 2.75) is 5.92 Å². The highest BCUT2D eigenvalue weighted by Crippen LogP contribution is 2.25. The van der Waals surface area contributed by atoms with Crippen molar-refractivity contribution < 1.29 is 9.59 Å². The van der Waals surface area contributed by atoms with Gasteiger partial charge in [-0.05, 0) is 11.1 Å². The lowest BCUT2D eigenvalue weighted by molar-refractivity contribution is -0.121. The van der Waals surface area contributed by atoms with Gasteiger partial charge in [-0.15, -0.1) is 0 Å². The van der Waals surface area contributed by atoms with Crippen LogP contribution in [-0.2, 0) is 9.59 Å². The minimum absolute atomic E-state index is 0.0187. The monoisotopic (exact) mass is 265 g/mol. The Bertz CT molecular complexity index is 551. The molecule has 0 unspecified atom stereocenters. The van der Waals surface area contributed by atoms with Gasteiger partial charge in [-0.1, -0.05) is 66.7 Å². The maximum atomic E-state index is 11.4. The van der Waals surface area contributed by atoms with Crippen LogP contribution in [0.4, 0.5) is 0 Å². The zero-order valence-electron chi connectivity index (χ0n) is 10.9. The first-order valence-electron chi connectivity index (χ1n) is 6.33. The van der Waals surface area contributed by atoms with Gasteiger partial charge in [0.05, 0.1) is 0 Å².